The minimum Gasteiger partial charge on any atom is -0.477 e. The highest BCUT2D eigenvalue weighted by atomic mass is 32.1. The van der Waals surface area contributed by atoms with Gasteiger partial charge in [0, 0.05) is 4.88 Å². The van der Waals surface area contributed by atoms with E-state index in [9.17, 15) is 4.79 Å². The average Bonchev–Trinajstić information content (AvgIpc) is 2.65. The largest absolute Gasteiger partial charge is 0.477 e. The van der Waals surface area contributed by atoms with Crippen molar-refractivity contribution in [1.82, 2.24) is 0 Å². The maximum Gasteiger partial charge on any atom is 0.345 e. The number of carboxylic acids is 1. The van der Waals surface area contributed by atoms with Crippen LogP contribution in [0, 0.1) is 20.8 Å². The van der Waals surface area contributed by atoms with E-state index in [1.807, 2.05) is 19.1 Å². The molecule has 2 rings (SSSR count). The van der Waals surface area contributed by atoms with Gasteiger partial charge >= 0.3 is 5.97 Å². The SMILES string of the molecule is Cc1cc(C(=O)O)sc1-c1cccc(C)c1C. The number of benzene rings is 1. The standard InChI is InChI=1S/C14H14O2S/c1-8-5-4-6-11(10(8)3)13-9(2)7-12(17-13)14(15)16/h4-7H,1-3H3,(H,15,16). The summed E-state index contributed by atoms with van der Waals surface area (Å²) in [6.07, 6.45) is 0. The molecule has 0 aliphatic carbocycles. The summed E-state index contributed by atoms with van der Waals surface area (Å²) < 4.78 is 0. The van der Waals surface area contributed by atoms with Crippen LogP contribution in [-0.2, 0) is 0 Å². The van der Waals surface area contributed by atoms with Crippen molar-refractivity contribution in [2.24, 2.45) is 0 Å². The predicted octanol–water partition coefficient (Wildman–Crippen LogP) is 4.04. The summed E-state index contributed by atoms with van der Waals surface area (Å²) in [4.78, 5) is 12.4. The van der Waals surface area contributed by atoms with Crippen LogP contribution in [0.25, 0.3) is 10.4 Å². The number of aromatic carboxylic acids is 1. The Morgan fingerprint density at radius 3 is 2.47 bits per heavy atom. The number of thiophene rings is 1. The van der Waals surface area contributed by atoms with Gasteiger partial charge in [-0.3, -0.25) is 0 Å². The molecule has 0 fully saturated rings. The van der Waals surface area contributed by atoms with Gasteiger partial charge in [-0.05, 0) is 49.1 Å². The number of hydrogen-bond donors (Lipinski definition) is 1. The summed E-state index contributed by atoms with van der Waals surface area (Å²) in [5, 5.41) is 9.00. The fourth-order valence-electron chi connectivity index (χ4n) is 1.85. The lowest BCUT2D eigenvalue weighted by atomic mass is 10.0. The Hall–Kier alpha value is -1.61. The molecule has 0 saturated carbocycles. The van der Waals surface area contributed by atoms with Crippen LogP contribution >= 0.6 is 11.3 Å². The molecular weight excluding hydrogens is 232 g/mol. The van der Waals surface area contributed by atoms with Crippen molar-refractivity contribution in [2.45, 2.75) is 20.8 Å². The van der Waals surface area contributed by atoms with Gasteiger partial charge in [0.15, 0.2) is 0 Å². The van der Waals surface area contributed by atoms with Gasteiger partial charge in [-0.1, -0.05) is 18.2 Å². The molecule has 0 saturated heterocycles. The van der Waals surface area contributed by atoms with Gasteiger partial charge < -0.3 is 5.11 Å². The Morgan fingerprint density at radius 2 is 1.88 bits per heavy atom. The van der Waals surface area contributed by atoms with Crippen LogP contribution in [0.1, 0.15) is 26.4 Å². The van der Waals surface area contributed by atoms with Crippen LogP contribution in [0.2, 0.25) is 0 Å². The van der Waals surface area contributed by atoms with E-state index in [1.165, 1.54) is 22.5 Å². The lowest BCUT2D eigenvalue weighted by Crippen LogP contribution is -1.89. The number of aryl methyl sites for hydroxylation is 2. The van der Waals surface area contributed by atoms with Gasteiger partial charge in [0.2, 0.25) is 0 Å². The zero-order valence-corrected chi connectivity index (χ0v) is 10.9. The van der Waals surface area contributed by atoms with Crippen LogP contribution in [0.15, 0.2) is 24.3 Å². The van der Waals surface area contributed by atoms with Crippen molar-refractivity contribution in [3.8, 4) is 10.4 Å². The molecule has 0 unspecified atom stereocenters. The lowest BCUT2D eigenvalue weighted by Gasteiger charge is -2.07. The fourth-order valence-corrected chi connectivity index (χ4v) is 2.95. The molecule has 2 nitrogen and oxygen atoms in total. The predicted molar refractivity (Wildman–Crippen MR) is 70.9 cm³/mol. The first kappa shape index (κ1) is 11.9. The number of hydrogen-bond acceptors (Lipinski definition) is 2. The monoisotopic (exact) mass is 246 g/mol. The molecule has 0 aliphatic rings. The van der Waals surface area contributed by atoms with Gasteiger partial charge in [-0.2, -0.15) is 0 Å². The first-order chi connectivity index (χ1) is 8.00. The lowest BCUT2D eigenvalue weighted by molar-refractivity contribution is 0.0702. The highest BCUT2D eigenvalue weighted by molar-refractivity contribution is 7.17. The summed E-state index contributed by atoms with van der Waals surface area (Å²) in [6, 6.07) is 7.87. The number of carbonyl (C=O) groups is 1. The summed E-state index contributed by atoms with van der Waals surface area (Å²) in [6.45, 7) is 6.10. The van der Waals surface area contributed by atoms with Crippen LogP contribution in [-0.4, -0.2) is 11.1 Å². The van der Waals surface area contributed by atoms with E-state index in [1.54, 1.807) is 6.07 Å². The summed E-state index contributed by atoms with van der Waals surface area (Å²) in [7, 11) is 0. The Bertz CT molecular complexity index is 582. The van der Waals surface area contributed by atoms with Gasteiger partial charge in [0.25, 0.3) is 0 Å². The zero-order valence-electron chi connectivity index (χ0n) is 10.1. The molecule has 17 heavy (non-hydrogen) atoms. The molecule has 0 bridgehead atoms. The van der Waals surface area contributed by atoms with E-state index in [0.29, 0.717) is 4.88 Å². The average molecular weight is 246 g/mol. The quantitative estimate of drug-likeness (QED) is 0.868. The summed E-state index contributed by atoms with van der Waals surface area (Å²) in [5.41, 5.74) is 4.61. The summed E-state index contributed by atoms with van der Waals surface area (Å²) in [5.74, 6) is -0.852. The molecule has 88 valence electrons. The minimum absolute atomic E-state index is 0.401. The van der Waals surface area contributed by atoms with Gasteiger partial charge in [-0.25, -0.2) is 4.79 Å². The molecule has 0 aliphatic heterocycles. The minimum atomic E-state index is -0.852. The highest BCUT2D eigenvalue weighted by Crippen LogP contribution is 2.35. The van der Waals surface area contributed by atoms with Crippen LogP contribution < -0.4 is 0 Å². The van der Waals surface area contributed by atoms with E-state index in [2.05, 4.69) is 19.9 Å². The van der Waals surface area contributed by atoms with E-state index in [-0.39, 0.29) is 0 Å². The van der Waals surface area contributed by atoms with Crippen molar-refractivity contribution in [2.75, 3.05) is 0 Å². The third kappa shape index (κ3) is 2.11. The maximum atomic E-state index is 11.0. The zero-order chi connectivity index (χ0) is 12.6. The van der Waals surface area contributed by atoms with Crippen molar-refractivity contribution in [3.05, 3.63) is 45.8 Å². The van der Waals surface area contributed by atoms with Crippen molar-refractivity contribution >= 4 is 17.3 Å². The van der Waals surface area contributed by atoms with Crippen LogP contribution in [0.3, 0.4) is 0 Å². The molecule has 0 amide bonds. The molecule has 1 aromatic carbocycles. The third-order valence-electron chi connectivity index (χ3n) is 2.98. The van der Waals surface area contributed by atoms with Crippen LogP contribution in [0.4, 0.5) is 0 Å². The highest BCUT2D eigenvalue weighted by Gasteiger charge is 2.14. The Labute approximate surface area is 105 Å². The van der Waals surface area contributed by atoms with E-state index < -0.39 is 5.97 Å². The molecule has 2 aromatic rings. The number of rotatable bonds is 2. The molecule has 3 heteroatoms. The molecule has 1 N–H and O–H groups in total. The van der Waals surface area contributed by atoms with E-state index in [0.717, 1.165) is 16.0 Å². The van der Waals surface area contributed by atoms with Gasteiger partial charge in [0.1, 0.15) is 4.88 Å². The van der Waals surface area contributed by atoms with E-state index in [4.69, 9.17) is 5.11 Å². The maximum absolute atomic E-state index is 11.0. The second-order valence-electron chi connectivity index (χ2n) is 4.18. The Morgan fingerprint density at radius 1 is 1.18 bits per heavy atom. The second kappa shape index (κ2) is 4.34. The van der Waals surface area contributed by atoms with Crippen LogP contribution in [0.5, 0.6) is 0 Å². The Kier molecular flexibility index (Phi) is 3.03. The molecule has 0 spiro atoms. The molecule has 1 heterocycles. The normalized spacial score (nSPS) is 10.5. The fraction of sp³-hybridized carbons (Fsp3) is 0.214. The van der Waals surface area contributed by atoms with Crippen molar-refractivity contribution in [3.63, 3.8) is 0 Å². The Balaban J connectivity index is 2.60. The number of carboxylic acid groups (broad SMARTS) is 1. The van der Waals surface area contributed by atoms with Gasteiger partial charge in [-0.15, -0.1) is 11.3 Å². The molecular formula is C14H14O2S. The third-order valence-corrected chi connectivity index (χ3v) is 4.24. The van der Waals surface area contributed by atoms with Crippen molar-refractivity contribution in [1.29, 1.82) is 0 Å². The van der Waals surface area contributed by atoms with Crippen molar-refractivity contribution < 1.29 is 9.90 Å². The molecule has 0 radical (unpaired) electrons. The second-order valence-corrected chi connectivity index (χ2v) is 5.23. The topological polar surface area (TPSA) is 37.3 Å². The first-order valence-corrected chi connectivity index (χ1v) is 6.22. The first-order valence-electron chi connectivity index (χ1n) is 5.41. The molecule has 1 aromatic heterocycles. The summed E-state index contributed by atoms with van der Waals surface area (Å²) >= 11 is 1.34. The molecule has 0 atom stereocenters. The smallest absolute Gasteiger partial charge is 0.345 e. The van der Waals surface area contributed by atoms with Gasteiger partial charge in [0.05, 0.1) is 0 Å². The van der Waals surface area contributed by atoms with E-state index >= 15 is 0 Å².